The van der Waals surface area contributed by atoms with Gasteiger partial charge < -0.3 is 20.8 Å². The van der Waals surface area contributed by atoms with E-state index in [1.807, 2.05) is 0 Å². The van der Waals surface area contributed by atoms with Gasteiger partial charge in [0.15, 0.2) is 16.7 Å². The van der Waals surface area contributed by atoms with Gasteiger partial charge in [-0.1, -0.05) is 12.1 Å². The highest BCUT2D eigenvalue weighted by atomic mass is 32.1. The van der Waals surface area contributed by atoms with Crippen LogP contribution in [0.5, 0.6) is 5.75 Å². The molecule has 0 bridgehead atoms. The number of hydrogen-bond acceptors (Lipinski definition) is 5. The minimum Gasteiger partial charge on any atom is -0.490 e. The number of halogens is 1. The second-order valence-electron chi connectivity index (χ2n) is 5.28. The van der Waals surface area contributed by atoms with Crippen LogP contribution in [0.4, 0.5) is 9.52 Å². The van der Waals surface area contributed by atoms with E-state index in [0.717, 1.165) is 0 Å². The maximum atomic E-state index is 13.4. The Morgan fingerprint density at radius 3 is 2.88 bits per heavy atom. The summed E-state index contributed by atoms with van der Waals surface area (Å²) in [6, 6.07) is 7.59. The molecule has 2 aromatic heterocycles. The third-order valence-corrected chi connectivity index (χ3v) is 4.18. The molecule has 4 N–H and O–H groups in total. The van der Waals surface area contributed by atoms with Gasteiger partial charge in [-0.15, -0.1) is 11.3 Å². The number of nitrogens with two attached hydrogens (primary N) is 1. The molecule has 2 heterocycles. The smallest absolute Gasteiger partial charge is 0.265 e. The van der Waals surface area contributed by atoms with Gasteiger partial charge in [-0.05, 0) is 18.2 Å². The van der Waals surface area contributed by atoms with Crippen LogP contribution >= 0.6 is 11.3 Å². The second kappa shape index (κ2) is 7.79. The van der Waals surface area contributed by atoms with Crippen molar-refractivity contribution in [1.82, 2.24) is 9.97 Å². The zero-order valence-electron chi connectivity index (χ0n) is 13.5. The van der Waals surface area contributed by atoms with Gasteiger partial charge in [-0.2, -0.15) is 0 Å². The fraction of sp³-hybridized carbons (Fsp3) is 0.118. The highest BCUT2D eigenvalue weighted by Crippen LogP contribution is 2.25. The average Bonchev–Trinajstić information content (AvgIpc) is 3.25. The van der Waals surface area contributed by atoms with Crippen molar-refractivity contribution in [2.45, 2.75) is 6.42 Å². The molecule has 0 aliphatic carbocycles. The van der Waals surface area contributed by atoms with Crippen molar-refractivity contribution in [3.05, 3.63) is 53.4 Å². The lowest BCUT2D eigenvalue weighted by molar-refractivity contribution is -0.116. The number of hydrogen-bond donors (Lipinski definition) is 3. The van der Waals surface area contributed by atoms with Crippen molar-refractivity contribution in [3.63, 3.8) is 0 Å². The number of anilines is 1. The van der Waals surface area contributed by atoms with Crippen LogP contribution in [0.2, 0.25) is 0 Å². The van der Waals surface area contributed by atoms with Gasteiger partial charge in [0.25, 0.3) is 5.91 Å². The van der Waals surface area contributed by atoms with Gasteiger partial charge in [0.2, 0.25) is 5.91 Å². The van der Waals surface area contributed by atoms with Crippen molar-refractivity contribution in [3.8, 4) is 17.0 Å². The van der Waals surface area contributed by atoms with Gasteiger partial charge in [0.05, 0.1) is 18.7 Å². The number of aromatic nitrogens is 2. The van der Waals surface area contributed by atoms with E-state index in [9.17, 15) is 14.0 Å². The number of H-pyrrole nitrogens is 1. The summed E-state index contributed by atoms with van der Waals surface area (Å²) < 4.78 is 18.7. The molecule has 0 unspecified atom stereocenters. The number of primary amides is 1. The molecule has 0 spiro atoms. The Labute approximate surface area is 152 Å². The zero-order valence-corrected chi connectivity index (χ0v) is 14.3. The fourth-order valence-electron chi connectivity index (χ4n) is 2.15. The molecule has 0 atom stereocenters. The molecule has 2 amide bonds. The molecule has 0 fully saturated rings. The van der Waals surface area contributed by atoms with Crippen LogP contribution in [0, 0.1) is 5.82 Å². The van der Waals surface area contributed by atoms with Crippen LogP contribution in [0.3, 0.4) is 0 Å². The van der Waals surface area contributed by atoms with Gasteiger partial charge >= 0.3 is 0 Å². The van der Waals surface area contributed by atoms with Crippen LogP contribution in [-0.2, 0) is 4.79 Å². The summed E-state index contributed by atoms with van der Waals surface area (Å²) in [7, 11) is 0. The Morgan fingerprint density at radius 2 is 2.15 bits per heavy atom. The van der Waals surface area contributed by atoms with Crippen molar-refractivity contribution in [2.75, 3.05) is 11.9 Å². The van der Waals surface area contributed by atoms with E-state index in [1.54, 1.807) is 29.8 Å². The van der Waals surface area contributed by atoms with Gasteiger partial charge in [-0.25, -0.2) is 9.37 Å². The lowest BCUT2D eigenvalue weighted by Crippen LogP contribution is -2.15. The third kappa shape index (κ3) is 4.25. The SMILES string of the molecule is NC(=O)c1cc(-c2csc(NC(=O)CCOc3ccccc3F)n2)c[nH]1. The Bertz CT molecular complexity index is 937. The first-order chi connectivity index (χ1) is 12.5. The van der Waals surface area contributed by atoms with Crippen LogP contribution in [0.15, 0.2) is 41.9 Å². The predicted molar refractivity (Wildman–Crippen MR) is 95.6 cm³/mol. The Hall–Kier alpha value is -3.20. The molecule has 0 aliphatic heterocycles. The topological polar surface area (TPSA) is 110 Å². The van der Waals surface area contributed by atoms with Crippen molar-refractivity contribution >= 4 is 28.3 Å². The largest absolute Gasteiger partial charge is 0.490 e. The number of aromatic amines is 1. The van der Waals surface area contributed by atoms with Crippen molar-refractivity contribution < 1.29 is 18.7 Å². The molecule has 1 aromatic carbocycles. The van der Waals surface area contributed by atoms with Crippen LogP contribution in [-0.4, -0.2) is 28.4 Å². The van der Waals surface area contributed by atoms with E-state index >= 15 is 0 Å². The number of carbonyl (C=O) groups is 2. The van der Waals surface area contributed by atoms with Crippen LogP contribution in [0.1, 0.15) is 16.9 Å². The Kier molecular flexibility index (Phi) is 5.28. The standard InChI is InChI=1S/C17H15FN4O3S/c18-11-3-1-2-4-14(11)25-6-5-15(23)22-17-21-13(9-26-17)10-7-12(16(19)24)20-8-10/h1-4,7-9,20H,5-6H2,(H2,19,24)(H,21,22,23). The number of rotatable bonds is 7. The minimum atomic E-state index is -0.560. The summed E-state index contributed by atoms with van der Waals surface area (Å²) >= 11 is 1.25. The number of carbonyl (C=O) groups excluding carboxylic acids is 2. The molecule has 9 heteroatoms. The first-order valence-electron chi connectivity index (χ1n) is 7.64. The van der Waals surface area contributed by atoms with Gasteiger partial charge in [0.1, 0.15) is 5.69 Å². The van der Waals surface area contributed by atoms with Gasteiger partial charge in [-0.3, -0.25) is 9.59 Å². The normalized spacial score (nSPS) is 10.5. The monoisotopic (exact) mass is 374 g/mol. The van der Waals surface area contributed by atoms with Crippen molar-refractivity contribution in [1.29, 1.82) is 0 Å². The third-order valence-electron chi connectivity index (χ3n) is 3.42. The molecule has 26 heavy (non-hydrogen) atoms. The molecule has 134 valence electrons. The number of ether oxygens (including phenoxy) is 1. The fourth-order valence-corrected chi connectivity index (χ4v) is 2.88. The molecule has 7 nitrogen and oxygen atoms in total. The van der Waals surface area contributed by atoms with E-state index in [1.165, 1.54) is 23.5 Å². The molecule has 0 saturated carbocycles. The zero-order chi connectivity index (χ0) is 18.5. The summed E-state index contributed by atoms with van der Waals surface area (Å²) in [5.74, 6) is -1.22. The summed E-state index contributed by atoms with van der Waals surface area (Å²) in [6.07, 6.45) is 1.67. The summed E-state index contributed by atoms with van der Waals surface area (Å²) in [4.78, 5) is 30.1. The number of thiazole rings is 1. The first-order valence-corrected chi connectivity index (χ1v) is 8.52. The molecular formula is C17H15FN4O3S. The minimum absolute atomic E-state index is 0.0464. The van der Waals surface area contributed by atoms with Gasteiger partial charge in [0, 0.05) is 17.1 Å². The maximum Gasteiger partial charge on any atom is 0.265 e. The highest BCUT2D eigenvalue weighted by molar-refractivity contribution is 7.14. The highest BCUT2D eigenvalue weighted by Gasteiger charge is 2.11. The molecule has 0 radical (unpaired) electrons. The Morgan fingerprint density at radius 1 is 1.35 bits per heavy atom. The van der Waals surface area contributed by atoms with Crippen LogP contribution in [0.25, 0.3) is 11.3 Å². The number of amides is 2. The first kappa shape index (κ1) is 17.6. The average molecular weight is 374 g/mol. The molecule has 3 aromatic rings. The molecule has 0 saturated heterocycles. The maximum absolute atomic E-state index is 13.4. The lowest BCUT2D eigenvalue weighted by Gasteiger charge is -2.06. The lowest BCUT2D eigenvalue weighted by atomic mass is 10.2. The summed E-state index contributed by atoms with van der Waals surface area (Å²) in [6.45, 7) is 0.0464. The second-order valence-corrected chi connectivity index (χ2v) is 6.14. The summed E-state index contributed by atoms with van der Waals surface area (Å²) in [5, 5.41) is 4.82. The van der Waals surface area contributed by atoms with E-state index in [-0.39, 0.29) is 30.4 Å². The number of para-hydroxylation sites is 1. The van der Waals surface area contributed by atoms with E-state index in [2.05, 4.69) is 15.3 Å². The number of nitrogens with one attached hydrogen (secondary N) is 2. The van der Waals surface area contributed by atoms with Crippen molar-refractivity contribution in [2.24, 2.45) is 5.73 Å². The van der Waals surface area contributed by atoms with E-state index in [4.69, 9.17) is 10.5 Å². The van der Waals surface area contributed by atoms with Crippen LogP contribution < -0.4 is 15.8 Å². The molecule has 0 aliphatic rings. The number of benzene rings is 1. The van der Waals surface area contributed by atoms with E-state index in [0.29, 0.717) is 16.4 Å². The number of nitrogens with zero attached hydrogens (tertiary/aromatic N) is 1. The predicted octanol–water partition coefficient (Wildman–Crippen LogP) is 2.78. The quantitative estimate of drug-likeness (QED) is 0.590. The molecule has 3 rings (SSSR count). The Balaban J connectivity index is 1.52. The van der Waals surface area contributed by atoms with E-state index < -0.39 is 11.7 Å². The summed E-state index contributed by atoms with van der Waals surface area (Å²) in [5.41, 5.74) is 6.78. The molecular weight excluding hydrogens is 359 g/mol.